The highest BCUT2D eigenvalue weighted by Crippen LogP contribution is 2.23. The Morgan fingerprint density at radius 2 is 1.94 bits per heavy atom. The van der Waals surface area contributed by atoms with Gasteiger partial charge in [-0.3, -0.25) is 5.32 Å². The number of hydrogen-bond acceptors (Lipinski definition) is 3. The minimum Gasteiger partial charge on any atom is -0.453 e. The molecule has 0 saturated carbocycles. The monoisotopic (exact) mass is 309 g/mol. The highest BCUT2D eigenvalue weighted by Gasteiger charge is 2.16. The Balaban J connectivity index is 2.07. The molecule has 0 saturated heterocycles. The second-order valence-electron chi connectivity index (χ2n) is 4.18. The minimum absolute atomic E-state index is 0.0358. The number of furan rings is 1. The van der Waals surface area contributed by atoms with E-state index in [1.165, 1.54) is 0 Å². The second kappa shape index (κ2) is 6.18. The Kier molecular flexibility index (Phi) is 4.58. The predicted octanol–water partition coefficient (Wildman–Crippen LogP) is 3.43. The third-order valence-electron chi connectivity index (χ3n) is 2.86. The number of halogens is 1. The summed E-state index contributed by atoms with van der Waals surface area (Å²) < 4.78 is 6.21. The molecular weight excluding hydrogens is 294 g/mol. The maximum Gasteiger partial charge on any atom is 0.169 e. The van der Waals surface area contributed by atoms with Crippen molar-refractivity contribution < 1.29 is 9.52 Å². The van der Waals surface area contributed by atoms with Crippen molar-refractivity contribution in [2.75, 3.05) is 6.61 Å². The average Bonchev–Trinajstić information content (AvgIpc) is 2.83. The van der Waals surface area contributed by atoms with E-state index < -0.39 is 0 Å². The quantitative estimate of drug-likeness (QED) is 0.889. The largest absolute Gasteiger partial charge is 0.453 e. The molecule has 0 amide bonds. The van der Waals surface area contributed by atoms with Gasteiger partial charge in [-0.15, -0.1) is 0 Å². The van der Waals surface area contributed by atoms with Gasteiger partial charge in [0.1, 0.15) is 5.76 Å². The van der Waals surface area contributed by atoms with Crippen LogP contribution in [-0.2, 0) is 0 Å². The summed E-state index contributed by atoms with van der Waals surface area (Å²) in [6.07, 6.45) is 0. The molecule has 2 aromatic rings. The standard InChI is InChI=1S/C14H16BrNO2/c1-10(13-7-8-14(15)18-13)16-12(9-17)11-5-3-2-4-6-11/h2-8,10,12,16-17H,9H2,1H3/t10?,12-/m1/s1. The molecule has 2 rings (SSSR count). The van der Waals surface area contributed by atoms with Gasteiger partial charge >= 0.3 is 0 Å². The maximum atomic E-state index is 9.48. The highest BCUT2D eigenvalue weighted by atomic mass is 79.9. The molecule has 2 N–H and O–H groups in total. The summed E-state index contributed by atoms with van der Waals surface area (Å²) >= 11 is 3.28. The van der Waals surface area contributed by atoms with Crippen LogP contribution in [0.5, 0.6) is 0 Å². The van der Waals surface area contributed by atoms with Crippen molar-refractivity contribution in [3.05, 3.63) is 58.5 Å². The van der Waals surface area contributed by atoms with Crippen LogP contribution in [0.1, 0.15) is 30.3 Å². The zero-order valence-electron chi connectivity index (χ0n) is 10.1. The van der Waals surface area contributed by atoms with Crippen LogP contribution in [0.15, 0.2) is 51.6 Å². The molecule has 1 aromatic heterocycles. The minimum atomic E-state index is -0.0925. The molecule has 18 heavy (non-hydrogen) atoms. The molecule has 0 aliphatic carbocycles. The molecular formula is C14H16BrNO2. The molecule has 0 bridgehead atoms. The molecule has 0 aliphatic rings. The lowest BCUT2D eigenvalue weighted by Crippen LogP contribution is -2.27. The lowest BCUT2D eigenvalue weighted by atomic mass is 10.1. The third kappa shape index (κ3) is 3.22. The van der Waals surface area contributed by atoms with Crippen molar-refractivity contribution in [3.63, 3.8) is 0 Å². The zero-order valence-corrected chi connectivity index (χ0v) is 11.7. The summed E-state index contributed by atoms with van der Waals surface area (Å²) in [5.74, 6) is 0.844. The van der Waals surface area contributed by atoms with Crippen LogP contribution >= 0.6 is 15.9 Å². The molecule has 0 aliphatic heterocycles. The molecule has 0 spiro atoms. The fourth-order valence-electron chi connectivity index (χ4n) is 1.88. The smallest absolute Gasteiger partial charge is 0.169 e. The van der Waals surface area contributed by atoms with Crippen LogP contribution in [0, 0.1) is 0 Å². The summed E-state index contributed by atoms with van der Waals surface area (Å²) in [6, 6.07) is 13.6. The van der Waals surface area contributed by atoms with E-state index in [0.717, 1.165) is 11.3 Å². The number of rotatable bonds is 5. The molecule has 3 nitrogen and oxygen atoms in total. The van der Waals surface area contributed by atoms with Crippen LogP contribution in [0.4, 0.5) is 0 Å². The van der Waals surface area contributed by atoms with Crippen molar-refractivity contribution in [3.8, 4) is 0 Å². The van der Waals surface area contributed by atoms with Gasteiger partial charge < -0.3 is 9.52 Å². The van der Waals surface area contributed by atoms with E-state index in [-0.39, 0.29) is 18.7 Å². The summed E-state index contributed by atoms with van der Waals surface area (Å²) in [4.78, 5) is 0. The van der Waals surface area contributed by atoms with E-state index in [4.69, 9.17) is 4.42 Å². The fourth-order valence-corrected chi connectivity index (χ4v) is 2.20. The Morgan fingerprint density at radius 3 is 2.50 bits per heavy atom. The first-order valence-electron chi connectivity index (χ1n) is 5.88. The first kappa shape index (κ1) is 13.3. The van der Waals surface area contributed by atoms with Gasteiger partial charge in [-0.25, -0.2) is 0 Å². The van der Waals surface area contributed by atoms with Gasteiger partial charge in [0.25, 0.3) is 0 Å². The molecule has 0 fully saturated rings. The first-order chi connectivity index (χ1) is 8.70. The normalized spacial score (nSPS) is 14.4. The van der Waals surface area contributed by atoms with Gasteiger partial charge in [-0.2, -0.15) is 0 Å². The topological polar surface area (TPSA) is 45.4 Å². The lowest BCUT2D eigenvalue weighted by molar-refractivity contribution is 0.230. The Labute approximate surface area is 115 Å². The number of nitrogens with one attached hydrogen (secondary N) is 1. The van der Waals surface area contributed by atoms with Crippen molar-refractivity contribution in [1.29, 1.82) is 0 Å². The van der Waals surface area contributed by atoms with Crippen LogP contribution in [0.2, 0.25) is 0 Å². The van der Waals surface area contributed by atoms with Gasteiger partial charge in [-0.05, 0) is 40.5 Å². The number of aliphatic hydroxyl groups excluding tert-OH is 1. The summed E-state index contributed by atoms with van der Waals surface area (Å²) in [5.41, 5.74) is 1.07. The van der Waals surface area contributed by atoms with E-state index in [2.05, 4.69) is 21.2 Å². The van der Waals surface area contributed by atoms with Crippen molar-refractivity contribution >= 4 is 15.9 Å². The zero-order chi connectivity index (χ0) is 13.0. The van der Waals surface area contributed by atoms with E-state index in [1.54, 1.807) is 0 Å². The average molecular weight is 310 g/mol. The first-order valence-corrected chi connectivity index (χ1v) is 6.67. The van der Waals surface area contributed by atoms with Crippen LogP contribution < -0.4 is 5.32 Å². The molecule has 4 heteroatoms. The third-order valence-corrected chi connectivity index (χ3v) is 3.28. The van der Waals surface area contributed by atoms with Gasteiger partial charge in [-0.1, -0.05) is 30.3 Å². The number of aliphatic hydroxyl groups is 1. The number of hydrogen-bond donors (Lipinski definition) is 2. The van der Waals surface area contributed by atoms with Gasteiger partial charge in [0.05, 0.1) is 18.7 Å². The van der Waals surface area contributed by atoms with Crippen molar-refractivity contribution in [2.24, 2.45) is 0 Å². The molecule has 2 atom stereocenters. The summed E-state index contributed by atoms with van der Waals surface area (Å²) in [7, 11) is 0. The summed E-state index contributed by atoms with van der Waals surface area (Å²) in [5, 5.41) is 12.8. The predicted molar refractivity (Wildman–Crippen MR) is 74.2 cm³/mol. The Morgan fingerprint density at radius 1 is 1.22 bits per heavy atom. The van der Waals surface area contributed by atoms with Gasteiger partial charge in [0, 0.05) is 0 Å². The van der Waals surface area contributed by atoms with Crippen LogP contribution in [-0.4, -0.2) is 11.7 Å². The molecule has 0 radical (unpaired) electrons. The summed E-state index contributed by atoms with van der Waals surface area (Å²) in [6.45, 7) is 2.06. The van der Waals surface area contributed by atoms with E-state index in [1.807, 2.05) is 49.4 Å². The van der Waals surface area contributed by atoms with Crippen LogP contribution in [0.3, 0.4) is 0 Å². The van der Waals surface area contributed by atoms with Gasteiger partial charge in [0.2, 0.25) is 0 Å². The lowest BCUT2D eigenvalue weighted by Gasteiger charge is -2.20. The highest BCUT2D eigenvalue weighted by molar-refractivity contribution is 9.10. The van der Waals surface area contributed by atoms with E-state index >= 15 is 0 Å². The Hall–Kier alpha value is -1.10. The number of benzene rings is 1. The van der Waals surface area contributed by atoms with E-state index in [9.17, 15) is 5.11 Å². The SMILES string of the molecule is CC(N[C@H](CO)c1ccccc1)c1ccc(Br)o1. The van der Waals surface area contributed by atoms with Crippen molar-refractivity contribution in [2.45, 2.75) is 19.0 Å². The maximum absolute atomic E-state index is 9.48. The molecule has 96 valence electrons. The van der Waals surface area contributed by atoms with Gasteiger partial charge in [0.15, 0.2) is 4.67 Å². The van der Waals surface area contributed by atoms with E-state index in [0.29, 0.717) is 4.67 Å². The van der Waals surface area contributed by atoms with Crippen molar-refractivity contribution in [1.82, 2.24) is 5.32 Å². The van der Waals surface area contributed by atoms with Crippen LogP contribution in [0.25, 0.3) is 0 Å². The molecule has 1 heterocycles. The fraction of sp³-hybridized carbons (Fsp3) is 0.286. The second-order valence-corrected chi connectivity index (χ2v) is 4.96. The Bertz CT molecular complexity index is 484. The molecule has 1 unspecified atom stereocenters. The molecule has 1 aromatic carbocycles.